The number of halogens is 2. The Morgan fingerprint density at radius 3 is 2.86 bits per heavy atom. The highest BCUT2D eigenvalue weighted by Crippen LogP contribution is 2.36. The zero-order valence-electron chi connectivity index (χ0n) is 11.8. The van der Waals surface area contributed by atoms with Crippen molar-refractivity contribution in [1.82, 2.24) is 10.2 Å². The number of hydrogen-bond donors (Lipinski definition) is 0. The van der Waals surface area contributed by atoms with Gasteiger partial charge in [0.05, 0.1) is 0 Å². The quantitative estimate of drug-likeness (QED) is 0.615. The number of carbonyl (C=O) groups is 1. The van der Waals surface area contributed by atoms with E-state index in [0.717, 1.165) is 18.9 Å². The van der Waals surface area contributed by atoms with Crippen LogP contribution < -0.4 is 4.90 Å². The lowest BCUT2D eigenvalue weighted by Gasteiger charge is -2.15. The van der Waals surface area contributed by atoms with Crippen molar-refractivity contribution in [3.63, 3.8) is 0 Å². The number of thioether (sulfide) groups is 1. The first-order valence-electron chi connectivity index (χ1n) is 6.75. The molecule has 1 heterocycles. The monoisotopic (exact) mass is 341 g/mol. The van der Waals surface area contributed by atoms with Crippen molar-refractivity contribution in [3.05, 3.63) is 35.4 Å². The van der Waals surface area contributed by atoms with Crippen molar-refractivity contribution >= 4 is 34.1 Å². The fourth-order valence-corrected chi connectivity index (χ4v) is 3.97. The predicted octanol–water partition coefficient (Wildman–Crippen LogP) is 3.62. The van der Waals surface area contributed by atoms with Crippen molar-refractivity contribution in [2.45, 2.75) is 35.9 Å². The summed E-state index contributed by atoms with van der Waals surface area (Å²) in [4.78, 5) is 13.3. The lowest BCUT2D eigenvalue weighted by atomic mass is 10.2. The Labute approximate surface area is 134 Å². The normalized spacial score (nSPS) is 14.1. The first kappa shape index (κ1) is 15.4. The highest BCUT2D eigenvalue weighted by molar-refractivity contribution is 8.00. The van der Waals surface area contributed by atoms with Gasteiger partial charge in [-0.2, -0.15) is 0 Å². The molecule has 0 unspecified atom stereocenters. The van der Waals surface area contributed by atoms with Gasteiger partial charge in [0.15, 0.2) is 16.0 Å². The zero-order chi connectivity index (χ0) is 15.7. The average Bonchev–Trinajstić information content (AvgIpc) is 3.19. The van der Waals surface area contributed by atoms with Crippen molar-refractivity contribution in [1.29, 1.82) is 0 Å². The van der Waals surface area contributed by atoms with Crippen molar-refractivity contribution in [2.75, 3.05) is 4.90 Å². The van der Waals surface area contributed by atoms with Crippen LogP contribution in [0.5, 0.6) is 0 Å². The fraction of sp³-hybridized carbons (Fsp3) is 0.357. The molecular formula is C14H13F2N3OS2. The van der Waals surface area contributed by atoms with E-state index in [9.17, 15) is 13.6 Å². The molecule has 0 aliphatic heterocycles. The first-order chi connectivity index (χ1) is 10.6. The Hall–Kier alpha value is -1.54. The van der Waals surface area contributed by atoms with Crippen LogP contribution in [-0.4, -0.2) is 22.1 Å². The summed E-state index contributed by atoms with van der Waals surface area (Å²) in [5.41, 5.74) is 0.285. The molecule has 0 saturated heterocycles. The van der Waals surface area contributed by atoms with Gasteiger partial charge in [0.2, 0.25) is 11.0 Å². The average molecular weight is 341 g/mol. The molecule has 0 bridgehead atoms. The molecule has 0 spiro atoms. The van der Waals surface area contributed by atoms with E-state index in [1.165, 1.54) is 36.1 Å². The molecule has 8 heteroatoms. The molecule has 0 radical (unpaired) electrons. The molecule has 1 aliphatic rings. The van der Waals surface area contributed by atoms with Crippen LogP contribution in [0.1, 0.15) is 25.3 Å². The second-order valence-corrected chi connectivity index (χ2v) is 7.15. The first-order valence-corrected chi connectivity index (χ1v) is 8.55. The second-order valence-electron chi connectivity index (χ2n) is 4.97. The lowest BCUT2D eigenvalue weighted by molar-refractivity contribution is -0.116. The van der Waals surface area contributed by atoms with Crippen LogP contribution in [0.2, 0.25) is 0 Å². The van der Waals surface area contributed by atoms with Gasteiger partial charge in [0, 0.05) is 24.3 Å². The smallest absolute Gasteiger partial charge is 0.225 e. The molecule has 4 nitrogen and oxygen atoms in total. The molecule has 116 valence electrons. The minimum absolute atomic E-state index is 0.0497. The van der Waals surface area contributed by atoms with Crippen LogP contribution in [0, 0.1) is 11.6 Å². The summed E-state index contributed by atoms with van der Waals surface area (Å²) in [6, 6.07) is 4.33. The third-order valence-electron chi connectivity index (χ3n) is 3.24. The van der Waals surface area contributed by atoms with Gasteiger partial charge >= 0.3 is 0 Å². The highest BCUT2D eigenvalue weighted by Gasteiger charge is 2.34. The number of nitrogens with zero attached hydrogens (tertiary/aromatic N) is 3. The molecule has 1 fully saturated rings. The van der Waals surface area contributed by atoms with Crippen LogP contribution >= 0.6 is 23.1 Å². The van der Waals surface area contributed by atoms with Gasteiger partial charge in [-0.3, -0.25) is 9.69 Å². The van der Waals surface area contributed by atoms with E-state index < -0.39 is 11.6 Å². The van der Waals surface area contributed by atoms with Crippen LogP contribution in [0.25, 0.3) is 0 Å². The standard InChI is InChI=1S/C14H13F2N3OS2/c1-8(20)19(10-5-6-10)13-17-18-14(22-13)21-7-9-3-2-4-11(15)12(9)16/h2-4,10H,5-7H2,1H3. The number of hydrogen-bond acceptors (Lipinski definition) is 5. The molecular weight excluding hydrogens is 328 g/mol. The number of anilines is 1. The lowest BCUT2D eigenvalue weighted by Crippen LogP contribution is -2.30. The van der Waals surface area contributed by atoms with Gasteiger partial charge in [-0.1, -0.05) is 35.2 Å². The number of carbonyl (C=O) groups excluding carboxylic acids is 1. The molecule has 0 N–H and O–H groups in total. The highest BCUT2D eigenvalue weighted by atomic mass is 32.2. The molecule has 1 aromatic heterocycles. The summed E-state index contributed by atoms with van der Waals surface area (Å²) >= 11 is 2.58. The molecule has 3 rings (SSSR count). The molecule has 1 saturated carbocycles. The van der Waals surface area contributed by atoms with E-state index in [1.54, 1.807) is 11.0 Å². The molecule has 1 aromatic carbocycles. The zero-order valence-corrected chi connectivity index (χ0v) is 13.4. The van der Waals surface area contributed by atoms with Gasteiger partial charge in [0.25, 0.3) is 0 Å². The van der Waals surface area contributed by atoms with E-state index >= 15 is 0 Å². The van der Waals surface area contributed by atoms with E-state index in [1.807, 2.05) is 0 Å². The molecule has 22 heavy (non-hydrogen) atoms. The molecule has 1 aliphatic carbocycles. The Balaban J connectivity index is 1.69. The maximum Gasteiger partial charge on any atom is 0.225 e. The second kappa shape index (κ2) is 6.29. The Morgan fingerprint density at radius 1 is 1.41 bits per heavy atom. The minimum Gasteiger partial charge on any atom is -0.284 e. The summed E-state index contributed by atoms with van der Waals surface area (Å²) in [6.45, 7) is 1.51. The maximum absolute atomic E-state index is 13.6. The third-order valence-corrected chi connectivity index (χ3v) is 5.34. The largest absolute Gasteiger partial charge is 0.284 e. The summed E-state index contributed by atoms with van der Waals surface area (Å²) in [5.74, 6) is -1.47. The van der Waals surface area contributed by atoms with Crippen molar-refractivity contribution in [3.8, 4) is 0 Å². The summed E-state index contributed by atoms with van der Waals surface area (Å²) < 4.78 is 27.4. The van der Waals surface area contributed by atoms with Crippen LogP contribution in [-0.2, 0) is 10.5 Å². The summed E-state index contributed by atoms with van der Waals surface area (Å²) in [7, 11) is 0. The van der Waals surface area contributed by atoms with E-state index in [2.05, 4.69) is 10.2 Å². The van der Waals surface area contributed by atoms with Gasteiger partial charge < -0.3 is 0 Å². The molecule has 1 amide bonds. The van der Waals surface area contributed by atoms with Crippen LogP contribution in [0.15, 0.2) is 22.5 Å². The van der Waals surface area contributed by atoms with E-state index in [-0.39, 0.29) is 23.3 Å². The summed E-state index contributed by atoms with van der Waals surface area (Å²) in [5, 5.41) is 8.62. The fourth-order valence-electron chi connectivity index (χ4n) is 2.04. The SMILES string of the molecule is CC(=O)N(c1nnc(SCc2cccc(F)c2F)s1)C1CC1. The Kier molecular flexibility index (Phi) is 4.39. The van der Waals surface area contributed by atoms with Gasteiger partial charge in [-0.25, -0.2) is 8.78 Å². The van der Waals surface area contributed by atoms with Gasteiger partial charge in [0.1, 0.15) is 0 Å². The minimum atomic E-state index is -0.854. The van der Waals surface area contributed by atoms with Gasteiger partial charge in [-0.05, 0) is 18.9 Å². The number of aromatic nitrogens is 2. The maximum atomic E-state index is 13.6. The third kappa shape index (κ3) is 3.27. The van der Waals surface area contributed by atoms with Crippen molar-refractivity contribution < 1.29 is 13.6 Å². The van der Waals surface area contributed by atoms with Crippen LogP contribution in [0.4, 0.5) is 13.9 Å². The number of rotatable bonds is 5. The number of benzene rings is 1. The van der Waals surface area contributed by atoms with Gasteiger partial charge in [-0.15, -0.1) is 10.2 Å². The Bertz CT molecular complexity index is 703. The van der Waals surface area contributed by atoms with E-state index in [4.69, 9.17) is 0 Å². The molecule has 0 atom stereocenters. The van der Waals surface area contributed by atoms with Crippen LogP contribution in [0.3, 0.4) is 0 Å². The Morgan fingerprint density at radius 2 is 2.18 bits per heavy atom. The number of amides is 1. The summed E-state index contributed by atoms with van der Waals surface area (Å²) in [6.07, 6.45) is 1.96. The van der Waals surface area contributed by atoms with E-state index in [0.29, 0.717) is 9.47 Å². The molecule has 2 aromatic rings. The van der Waals surface area contributed by atoms with Crippen molar-refractivity contribution in [2.24, 2.45) is 0 Å². The predicted molar refractivity (Wildman–Crippen MR) is 82.0 cm³/mol. The topological polar surface area (TPSA) is 46.1 Å².